The van der Waals surface area contributed by atoms with Crippen molar-refractivity contribution in [2.24, 2.45) is 11.3 Å². The van der Waals surface area contributed by atoms with E-state index < -0.39 is 4.75 Å². The lowest BCUT2D eigenvalue weighted by atomic mass is 9.93. The molecule has 5 heteroatoms. The Hall–Kier alpha value is -0.940. The van der Waals surface area contributed by atoms with Crippen LogP contribution in [0.2, 0.25) is 0 Å². The molecule has 0 radical (unpaired) electrons. The molecular formula is C21H35NO3S. The maximum Gasteiger partial charge on any atom is 0.240 e. The van der Waals surface area contributed by atoms with Gasteiger partial charge in [-0.25, -0.2) is 0 Å². The third-order valence-corrected chi connectivity index (χ3v) is 6.39. The molecule has 1 unspecified atom stereocenters. The minimum atomic E-state index is -0.465. The summed E-state index contributed by atoms with van der Waals surface area (Å²) in [5.74, 6) is 2.63. The third-order valence-electron chi connectivity index (χ3n) is 4.85. The molecule has 0 saturated carbocycles. The van der Waals surface area contributed by atoms with Crippen molar-refractivity contribution >= 4 is 17.7 Å². The van der Waals surface area contributed by atoms with Crippen LogP contribution in [0.3, 0.4) is 0 Å². The van der Waals surface area contributed by atoms with Crippen molar-refractivity contribution < 1.29 is 14.3 Å². The van der Waals surface area contributed by atoms with Gasteiger partial charge >= 0.3 is 0 Å². The normalized spacial score (nSPS) is 22.8. The maximum absolute atomic E-state index is 12.9. The molecule has 0 aromatic rings. The van der Waals surface area contributed by atoms with Crippen LogP contribution in [0.15, 0.2) is 23.6 Å². The summed E-state index contributed by atoms with van der Waals surface area (Å²) in [6, 6.07) is 0. The van der Waals surface area contributed by atoms with E-state index in [0.717, 1.165) is 49.7 Å². The van der Waals surface area contributed by atoms with Crippen molar-refractivity contribution in [3.8, 4) is 0 Å². The van der Waals surface area contributed by atoms with Gasteiger partial charge in [-0.05, 0) is 51.4 Å². The molecule has 1 atom stereocenters. The van der Waals surface area contributed by atoms with Crippen molar-refractivity contribution in [3.63, 3.8) is 0 Å². The SMILES string of the molecule is CC1CC=C(NC(=O)C(C)(C)SCC2CCOCC2)C=C(C(C)(C)C)O1. The number of carbonyl (C=O) groups excluding carboxylic acids is 1. The highest BCUT2D eigenvalue weighted by atomic mass is 32.2. The molecule has 0 spiro atoms. The van der Waals surface area contributed by atoms with Crippen LogP contribution >= 0.6 is 11.8 Å². The van der Waals surface area contributed by atoms with Crippen molar-refractivity contribution in [1.82, 2.24) is 5.32 Å². The number of allylic oxidation sites excluding steroid dienone is 2. The highest BCUT2D eigenvalue weighted by Crippen LogP contribution is 2.32. The number of ether oxygens (including phenoxy) is 2. The predicted molar refractivity (Wildman–Crippen MR) is 109 cm³/mol. The highest BCUT2D eigenvalue weighted by molar-refractivity contribution is 8.01. The molecule has 1 amide bonds. The first-order chi connectivity index (χ1) is 12.1. The number of carbonyl (C=O) groups is 1. The summed E-state index contributed by atoms with van der Waals surface area (Å²) in [6.07, 6.45) is 7.17. The summed E-state index contributed by atoms with van der Waals surface area (Å²) in [5.41, 5.74) is 0.763. The standard InChI is InChI=1S/C21H35NO3S/c1-15-7-8-17(13-18(25-15)20(2,3)4)22-19(23)21(5,6)26-14-16-9-11-24-12-10-16/h8,13,15-16H,7,9-12,14H2,1-6H3,(H,22,23). The molecule has 26 heavy (non-hydrogen) atoms. The topological polar surface area (TPSA) is 47.6 Å². The lowest BCUT2D eigenvalue weighted by Gasteiger charge is -2.28. The van der Waals surface area contributed by atoms with Crippen molar-refractivity contribution in [3.05, 3.63) is 23.6 Å². The molecule has 0 aromatic carbocycles. The van der Waals surface area contributed by atoms with Crippen LogP contribution in [-0.2, 0) is 14.3 Å². The molecule has 1 saturated heterocycles. The molecule has 148 valence electrons. The maximum atomic E-state index is 12.9. The largest absolute Gasteiger partial charge is 0.494 e. The Balaban J connectivity index is 1.99. The van der Waals surface area contributed by atoms with Gasteiger partial charge in [-0.15, -0.1) is 11.8 Å². The van der Waals surface area contributed by atoms with Gasteiger partial charge in [0.15, 0.2) is 0 Å². The average Bonchev–Trinajstić information content (AvgIpc) is 2.76. The molecule has 2 aliphatic rings. The lowest BCUT2D eigenvalue weighted by molar-refractivity contribution is -0.121. The van der Waals surface area contributed by atoms with Gasteiger partial charge in [-0.2, -0.15) is 0 Å². The zero-order valence-corrected chi connectivity index (χ0v) is 18.0. The molecule has 4 nitrogen and oxygen atoms in total. The Morgan fingerprint density at radius 2 is 1.88 bits per heavy atom. The van der Waals surface area contributed by atoms with Crippen molar-refractivity contribution in [1.29, 1.82) is 0 Å². The van der Waals surface area contributed by atoms with E-state index in [4.69, 9.17) is 9.47 Å². The van der Waals surface area contributed by atoms with Gasteiger partial charge in [0.1, 0.15) is 5.76 Å². The molecule has 2 heterocycles. The first-order valence-electron chi connectivity index (χ1n) is 9.70. The summed E-state index contributed by atoms with van der Waals surface area (Å²) < 4.78 is 11.0. The predicted octanol–water partition coefficient (Wildman–Crippen LogP) is 4.66. The van der Waals surface area contributed by atoms with E-state index in [0.29, 0.717) is 5.92 Å². The van der Waals surface area contributed by atoms with Crippen LogP contribution in [0.25, 0.3) is 0 Å². The Morgan fingerprint density at radius 1 is 1.23 bits per heavy atom. The second-order valence-corrected chi connectivity index (χ2v) is 10.6. The molecule has 1 N–H and O–H groups in total. The minimum absolute atomic E-state index is 0.0554. The zero-order chi connectivity index (χ0) is 19.4. The second-order valence-electron chi connectivity index (χ2n) is 8.91. The first-order valence-corrected chi connectivity index (χ1v) is 10.7. The third kappa shape index (κ3) is 6.34. The number of thioether (sulfide) groups is 1. The Labute approximate surface area is 163 Å². The number of rotatable bonds is 5. The molecule has 2 aliphatic heterocycles. The van der Waals surface area contributed by atoms with Gasteiger partial charge in [-0.3, -0.25) is 4.79 Å². The van der Waals surface area contributed by atoms with Crippen molar-refractivity contribution in [2.75, 3.05) is 19.0 Å². The summed E-state index contributed by atoms with van der Waals surface area (Å²) in [4.78, 5) is 12.9. The van der Waals surface area contributed by atoms with Crippen LogP contribution in [0.4, 0.5) is 0 Å². The quantitative estimate of drug-likeness (QED) is 0.752. The number of amides is 1. The molecule has 0 bridgehead atoms. The van der Waals surface area contributed by atoms with Crippen LogP contribution < -0.4 is 5.32 Å². The molecule has 0 aromatic heterocycles. The van der Waals surface area contributed by atoms with Gasteiger partial charge in [0, 0.05) is 30.7 Å². The van der Waals surface area contributed by atoms with Gasteiger partial charge in [0.05, 0.1) is 10.9 Å². The summed E-state index contributed by atoms with van der Waals surface area (Å²) in [5, 5.41) is 3.13. The number of nitrogens with one attached hydrogen (secondary N) is 1. The number of hydrogen-bond acceptors (Lipinski definition) is 4. The molecule has 2 rings (SSSR count). The van der Waals surface area contributed by atoms with Crippen LogP contribution in [0.1, 0.15) is 60.8 Å². The smallest absolute Gasteiger partial charge is 0.240 e. The first kappa shape index (κ1) is 21.4. The van der Waals surface area contributed by atoms with Gasteiger partial charge < -0.3 is 14.8 Å². The van der Waals surface area contributed by atoms with Crippen LogP contribution in [0.5, 0.6) is 0 Å². The van der Waals surface area contributed by atoms with E-state index in [9.17, 15) is 4.79 Å². The van der Waals surface area contributed by atoms with Crippen LogP contribution in [-0.4, -0.2) is 35.7 Å². The molecule has 1 fully saturated rings. The van der Waals surface area contributed by atoms with Crippen LogP contribution in [0, 0.1) is 11.3 Å². The molecule has 0 aliphatic carbocycles. The average molecular weight is 382 g/mol. The monoisotopic (exact) mass is 381 g/mol. The van der Waals surface area contributed by atoms with E-state index in [1.165, 1.54) is 0 Å². The lowest BCUT2D eigenvalue weighted by Crippen LogP contribution is -2.40. The summed E-state index contributed by atoms with van der Waals surface area (Å²) >= 11 is 1.75. The summed E-state index contributed by atoms with van der Waals surface area (Å²) in [7, 11) is 0. The number of hydrogen-bond donors (Lipinski definition) is 1. The zero-order valence-electron chi connectivity index (χ0n) is 17.2. The Morgan fingerprint density at radius 3 is 2.50 bits per heavy atom. The van der Waals surface area contributed by atoms with Gasteiger partial charge in [0.2, 0.25) is 5.91 Å². The highest BCUT2D eigenvalue weighted by Gasteiger charge is 2.31. The van der Waals surface area contributed by atoms with E-state index in [-0.39, 0.29) is 17.4 Å². The molecular weight excluding hydrogens is 346 g/mol. The Kier molecular flexibility index (Phi) is 7.26. The fourth-order valence-electron chi connectivity index (χ4n) is 2.86. The fourth-order valence-corrected chi connectivity index (χ4v) is 4.03. The van der Waals surface area contributed by atoms with Gasteiger partial charge in [-0.1, -0.05) is 26.8 Å². The van der Waals surface area contributed by atoms with E-state index in [1.807, 2.05) is 19.9 Å². The summed E-state index contributed by atoms with van der Waals surface area (Å²) in [6.45, 7) is 14.2. The fraction of sp³-hybridized carbons (Fsp3) is 0.762. The van der Waals surface area contributed by atoms with E-state index in [2.05, 4.69) is 39.1 Å². The van der Waals surface area contributed by atoms with Crippen molar-refractivity contribution in [2.45, 2.75) is 71.7 Å². The minimum Gasteiger partial charge on any atom is -0.494 e. The second kappa shape index (κ2) is 8.83. The Bertz CT molecular complexity index is 554. The van der Waals surface area contributed by atoms with Gasteiger partial charge in [0.25, 0.3) is 0 Å². The van der Waals surface area contributed by atoms with E-state index >= 15 is 0 Å². The van der Waals surface area contributed by atoms with E-state index in [1.54, 1.807) is 11.8 Å².